The second kappa shape index (κ2) is 7.89. The highest BCUT2D eigenvalue weighted by molar-refractivity contribution is 7.91. The van der Waals surface area contributed by atoms with E-state index in [0.29, 0.717) is 19.5 Å². The summed E-state index contributed by atoms with van der Waals surface area (Å²) in [6, 6.07) is 0.0962. The van der Waals surface area contributed by atoms with Crippen LogP contribution in [0.2, 0.25) is 0 Å². The molecule has 8 heteroatoms. The number of hydrogen-bond donors (Lipinski definition) is 1. The molecule has 0 spiro atoms. The molecule has 1 unspecified atom stereocenters. The number of nitrogens with zero attached hydrogens (tertiary/aromatic N) is 1. The van der Waals surface area contributed by atoms with Crippen molar-refractivity contribution in [1.82, 2.24) is 9.62 Å². The fourth-order valence-corrected chi connectivity index (χ4v) is 5.27. The molecule has 1 aliphatic rings. The Morgan fingerprint density at radius 2 is 1.71 bits per heavy atom. The number of rotatable bonds is 8. The lowest BCUT2D eigenvalue weighted by atomic mass is 10.1. The Hall–Kier alpha value is -0.180. The van der Waals surface area contributed by atoms with E-state index in [-0.39, 0.29) is 29.3 Å². The van der Waals surface area contributed by atoms with Crippen LogP contribution in [0.15, 0.2) is 0 Å². The van der Waals surface area contributed by atoms with E-state index in [9.17, 15) is 16.8 Å². The van der Waals surface area contributed by atoms with E-state index in [0.717, 1.165) is 12.8 Å². The Morgan fingerprint density at radius 3 is 2.19 bits per heavy atom. The van der Waals surface area contributed by atoms with Gasteiger partial charge in [-0.3, -0.25) is 0 Å². The summed E-state index contributed by atoms with van der Waals surface area (Å²) < 4.78 is 48.7. The largest absolute Gasteiger partial charge is 0.310 e. The fraction of sp³-hybridized carbons (Fsp3) is 1.00. The maximum absolute atomic E-state index is 12.0. The second-order valence-corrected chi connectivity index (χ2v) is 10.2. The van der Waals surface area contributed by atoms with E-state index in [1.165, 1.54) is 0 Å². The van der Waals surface area contributed by atoms with Crippen molar-refractivity contribution in [2.45, 2.75) is 52.1 Å². The van der Waals surface area contributed by atoms with Crippen LogP contribution in [0.25, 0.3) is 0 Å². The monoisotopic (exact) mass is 340 g/mol. The molecule has 0 aromatic rings. The van der Waals surface area contributed by atoms with Crippen molar-refractivity contribution >= 4 is 19.9 Å². The molecule has 0 aromatic heterocycles. The zero-order valence-electron chi connectivity index (χ0n) is 13.2. The molecular weight excluding hydrogens is 312 g/mol. The van der Waals surface area contributed by atoms with Gasteiger partial charge in [0.2, 0.25) is 10.0 Å². The van der Waals surface area contributed by atoms with E-state index in [1.807, 2.05) is 13.8 Å². The lowest BCUT2D eigenvalue weighted by molar-refractivity contribution is 0.280. The van der Waals surface area contributed by atoms with Gasteiger partial charge in [-0.15, -0.1) is 0 Å². The Morgan fingerprint density at radius 1 is 1.14 bits per heavy atom. The minimum atomic E-state index is -3.11. The van der Waals surface area contributed by atoms with Crippen LogP contribution >= 0.6 is 0 Å². The molecule has 1 N–H and O–H groups in total. The summed E-state index contributed by atoms with van der Waals surface area (Å²) in [6.45, 7) is 6.43. The first-order chi connectivity index (χ1) is 9.70. The third kappa shape index (κ3) is 6.22. The highest BCUT2D eigenvalue weighted by atomic mass is 32.2. The van der Waals surface area contributed by atoms with Gasteiger partial charge in [0.25, 0.3) is 0 Å². The molecule has 6 nitrogen and oxygen atoms in total. The first-order valence-corrected chi connectivity index (χ1v) is 11.1. The summed E-state index contributed by atoms with van der Waals surface area (Å²) in [5.74, 6) is 0.501. The van der Waals surface area contributed by atoms with Gasteiger partial charge in [-0.05, 0) is 26.2 Å². The normalized spacial score (nSPS) is 20.5. The number of piperidine rings is 1. The van der Waals surface area contributed by atoms with E-state index < -0.39 is 19.9 Å². The summed E-state index contributed by atoms with van der Waals surface area (Å²) >= 11 is 0. The summed E-state index contributed by atoms with van der Waals surface area (Å²) in [4.78, 5) is 0. The molecule has 1 fully saturated rings. The van der Waals surface area contributed by atoms with Crippen LogP contribution in [0.4, 0.5) is 0 Å². The Balaban J connectivity index is 2.44. The van der Waals surface area contributed by atoms with E-state index >= 15 is 0 Å². The number of sulfonamides is 1. The molecule has 1 heterocycles. The Kier molecular flexibility index (Phi) is 7.09. The van der Waals surface area contributed by atoms with Crippen molar-refractivity contribution in [3.63, 3.8) is 0 Å². The smallest absolute Gasteiger partial charge is 0.214 e. The van der Waals surface area contributed by atoms with E-state index in [1.54, 1.807) is 11.2 Å². The molecule has 0 amide bonds. The third-order valence-electron chi connectivity index (χ3n) is 3.77. The maximum atomic E-state index is 12.0. The van der Waals surface area contributed by atoms with Crippen LogP contribution in [-0.4, -0.2) is 63.6 Å². The highest BCUT2D eigenvalue weighted by Crippen LogP contribution is 2.15. The van der Waals surface area contributed by atoms with Crippen molar-refractivity contribution in [3.8, 4) is 0 Å². The zero-order valence-corrected chi connectivity index (χ0v) is 14.8. The van der Waals surface area contributed by atoms with Crippen LogP contribution in [0, 0.1) is 0 Å². The molecule has 0 saturated carbocycles. The van der Waals surface area contributed by atoms with Gasteiger partial charge in [-0.2, -0.15) is 0 Å². The maximum Gasteiger partial charge on any atom is 0.214 e. The predicted octanol–water partition coefficient (Wildman–Crippen LogP) is 0.603. The summed E-state index contributed by atoms with van der Waals surface area (Å²) in [6.07, 6.45) is 2.10. The minimum absolute atomic E-state index is 0.0984. The molecule has 21 heavy (non-hydrogen) atoms. The second-order valence-electron chi connectivity index (χ2n) is 5.76. The van der Waals surface area contributed by atoms with Crippen LogP contribution in [-0.2, 0) is 19.9 Å². The highest BCUT2D eigenvalue weighted by Gasteiger charge is 2.28. The van der Waals surface area contributed by atoms with Crippen molar-refractivity contribution in [2.24, 2.45) is 0 Å². The summed E-state index contributed by atoms with van der Waals surface area (Å²) in [5.41, 5.74) is 0. The lowest BCUT2D eigenvalue weighted by Gasteiger charge is -2.33. The molecule has 1 saturated heterocycles. The first-order valence-electron chi connectivity index (χ1n) is 7.64. The van der Waals surface area contributed by atoms with Crippen LogP contribution in [0.3, 0.4) is 0 Å². The Labute approximate surface area is 129 Å². The number of hydrogen-bond acceptors (Lipinski definition) is 5. The predicted molar refractivity (Wildman–Crippen MR) is 85.6 cm³/mol. The quantitative estimate of drug-likeness (QED) is 0.700. The van der Waals surface area contributed by atoms with Gasteiger partial charge < -0.3 is 5.32 Å². The molecular formula is C13H28N2O4S2. The first kappa shape index (κ1) is 18.9. The molecule has 0 bridgehead atoms. The standard InChI is InChI=1S/C13H28N2O4S2/c1-4-10-21(18,19)15-8-6-13(7-9-15)14-12(3)11-20(16,17)5-2/h12-14H,4-11H2,1-3H3. The molecule has 126 valence electrons. The average molecular weight is 341 g/mol. The lowest BCUT2D eigenvalue weighted by Crippen LogP contribution is -2.48. The van der Waals surface area contributed by atoms with Gasteiger partial charge in [-0.25, -0.2) is 21.1 Å². The van der Waals surface area contributed by atoms with Crippen LogP contribution in [0.1, 0.15) is 40.0 Å². The molecule has 0 aromatic carbocycles. The molecule has 1 aliphatic heterocycles. The van der Waals surface area contributed by atoms with Crippen molar-refractivity contribution in [2.75, 3.05) is 30.3 Å². The summed E-state index contributed by atoms with van der Waals surface area (Å²) in [7, 11) is -6.09. The molecule has 1 atom stereocenters. The SMILES string of the molecule is CCCS(=O)(=O)N1CCC(NC(C)CS(=O)(=O)CC)CC1. The van der Waals surface area contributed by atoms with Gasteiger partial charge in [0.05, 0.1) is 11.5 Å². The van der Waals surface area contributed by atoms with Crippen molar-refractivity contribution in [3.05, 3.63) is 0 Å². The fourth-order valence-electron chi connectivity index (χ4n) is 2.64. The average Bonchev–Trinajstić information content (AvgIpc) is 2.38. The number of sulfone groups is 1. The van der Waals surface area contributed by atoms with Crippen LogP contribution in [0.5, 0.6) is 0 Å². The molecule has 0 aliphatic carbocycles. The van der Waals surface area contributed by atoms with Gasteiger partial charge in [0.15, 0.2) is 9.84 Å². The van der Waals surface area contributed by atoms with E-state index in [4.69, 9.17) is 0 Å². The van der Waals surface area contributed by atoms with Crippen molar-refractivity contribution in [1.29, 1.82) is 0 Å². The van der Waals surface area contributed by atoms with Gasteiger partial charge >= 0.3 is 0 Å². The van der Waals surface area contributed by atoms with E-state index in [2.05, 4.69) is 5.32 Å². The van der Waals surface area contributed by atoms with Crippen LogP contribution < -0.4 is 5.32 Å². The Bertz CT molecular complexity index is 508. The van der Waals surface area contributed by atoms with Gasteiger partial charge in [-0.1, -0.05) is 13.8 Å². The third-order valence-corrected chi connectivity index (χ3v) is 7.74. The molecule has 1 rings (SSSR count). The zero-order chi connectivity index (χ0) is 16.1. The van der Waals surface area contributed by atoms with Crippen molar-refractivity contribution < 1.29 is 16.8 Å². The molecule has 0 radical (unpaired) electrons. The van der Waals surface area contributed by atoms with Gasteiger partial charge in [0, 0.05) is 30.9 Å². The number of nitrogens with one attached hydrogen (secondary N) is 1. The summed E-state index contributed by atoms with van der Waals surface area (Å²) in [5, 5.41) is 3.31. The minimum Gasteiger partial charge on any atom is -0.310 e. The van der Waals surface area contributed by atoms with Gasteiger partial charge in [0.1, 0.15) is 0 Å². The topological polar surface area (TPSA) is 83.6 Å².